The second-order valence-electron chi connectivity index (χ2n) is 5.78. The van der Waals surface area contributed by atoms with Crippen molar-refractivity contribution >= 4 is 32.7 Å². The molecule has 0 aliphatic rings. The molecule has 0 saturated carbocycles. The predicted octanol–water partition coefficient (Wildman–Crippen LogP) is 5.07. The Morgan fingerprint density at radius 2 is 2.04 bits per heavy atom. The van der Waals surface area contributed by atoms with E-state index in [2.05, 4.69) is 34.8 Å². The van der Waals surface area contributed by atoms with Crippen molar-refractivity contribution in [2.24, 2.45) is 0 Å². The summed E-state index contributed by atoms with van der Waals surface area (Å²) in [6.07, 6.45) is 1.73. The van der Waals surface area contributed by atoms with E-state index in [1.165, 1.54) is 11.3 Å². The van der Waals surface area contributed by atoms with Gasteiger partial charge in [0, 0.05) is 17.6 Å². The van der Waals surface area contributed by atoms with Crippen LogP contribution >= 0.6 is 11.3 Å². The Hall–Kier alpha value is -2.44. The Kier molecular flexibility index (Phi) is 4.38. The van der Waals surface area contributed by atoms with Gasteiger partial charge in [-0.1, -0.05) is 25.2 Å². The Labute approximate surface area is 149 Å². The molecule has 0 bridgehead atoms. The first-order chi connectivity index (χ1) is 12.2. The molecule has 128 valence electrons. The third-order valence-corrected chi connectivity index (χ3v) is 5.05. The molecule has 4 rings (SSSR count). The number of thiazole rings is 1. The van der Waals surface area contributed by atoms with E-state index in [0.717, 1.165) is 46.8 Å². The number of fused-ring (bicyclic) bond motifs is 2. The first kappa shape index (κ1) is 16.1. The summed E-state index contributed by atoms with van der Waals surface area (Å²) < 4.78 is 12.9. The summed E-state index contributed by atoms with van der Waals surface area (Å²) in [7, 11) is 0. The van der Waals surface area contributed by atoms with Gasteiger partial charge in [0.2, 0.25) is 0 Å². The summed E-state index contributed by atoms with van der Waals surface area (Å²) in [5.41, 5.74) is 1.54. The molecule has 0 radical (unpaired) electrons. The number of benzene rings is 1. The molecule has 0 saturated heterocycles. The Morgan fingerprint density at radius 3 is 2.84 bits per heavy atom. The van der Waals surface area contributed by atoms with Crippen LogP contribution in [-0.4, -0.2) is 28.0 Å². The van der Waals surface area contributed by atoms with Crippen LogP contribution < -0.4 is 4.74 Å². The highest BCUT2D eigenvalue weighted by molar-refractivity contribution is 7.20. The summed E-state index contributed by atoms with van der Waals surface area (Å²) >= 11 is 1.48. The molecule has 4 aromatic rings. The lowest BCUT2D eigenvalue weighted by Gasteiger charge is -2.15. The average molecular weight is 353 g/mol. The third kappa shape index (κ3) is 3.36. The molecule has 0 atom stereocenters. The van der Waals surface area contributed by atoms with Crippen molar-refractivity contribution in [1.29, 1.82) is 0 Å². The molecule has 0 aliphatic carbocycles. The lowest BCUT2D eigenvalue weighted by Crippen LogP contribution is -2.21. The second-order valence-corrected chi connectivity index (χ2v) is 6.77. The fourth-order valence-corrected chi connectivity index (χ4v) is 3.56. The third-order valence-electron chi connectivity index (χ3n) is 4.17. The lowest BCUT2D eigenvalue weighted by molar-refractivity contribution is 0.272. The van der Waals surface area contributed by atoms with Crippen LogP contribution in [0.3, 0.4) is 0 Å². The molecule has 0 N–H and O–H groups in total. The Morgan fingerprint density at radius 1 is 1.16 bits per heavy atom. The van der Waals surface area contributed by atoms with Gasteiger partial charge in [0.05, 0.1) is 11.2 Å². The zero-order valence-electron chi connectivity index (χ0n) is 14.2. The van der Waals surface area contributed by atoms with Crippen molar-refractivity contribution < 1.29 is 9.15 Å². The lowest BCUT2D eigenvalue weighted by atomic mass is 10.2. The molecular weight excluding hydrogens is 334 g/mol. The van der Waals surface area contributed by atoms with Gasteiger partial charge in [0.1, 0.15) is 17.1 Å². The van der Waals surface area contributed by atoms with Crippen LogP contribution in [0.15, 0.2) is 47.0 Å². The smallest absolute Gasteiger partial charge is 0.281 e. The summed E-state index contributed by atoms with van der Waals surface area (Å²) in [5, 5.41) is 1.67. The monoisotopic (exact) mass is 353 g/mol. The topological polar surface area (TPSA) is 51.4 Å². The van der Waals surface area contributed by atoms with Crippen molar-refractivity contribution in [3.05, 3.63) is 48.4 Å². The van der Waals surface area contributed by atoms with Crippen molar-refractivity contribution in [3.63, 3.8) is 0 Å². The van der Waals surface area contributed by atoms with E-state index in [-0.39, 0.29) is 0 Å². The van der Waals surface area contributed by atoms with Crippen molar-refractivity contribution in [2.75, 3.05) is 13.1 Å². The first-order valence-electron chi connectivity index (χ1n) is 8.39. The number of ether oxygens (including phenoxy) is 1. The molecular formula is C19H19N3O2S. The molecule has 3 aromatic heterocycles. The number of hydrogen-bond acceptors (Lipinski definition) is 6. The maximum Gasteiger partial charge on any atom is 0.281 e. The maximum absolute atomic E-state index is 5.99. The van der Waals surface area contributed by atoms with Crippen LogP contribution in [-0.2, 0) is 6.54 Å². The number of aromatic nitrogens is 2. The van der Waals surface area contributed by atoms with E-state index in [1.54, 1.807) is 6.20 Å². The average Bonchev–Trinajstić information content (AvgIpc) is 3.21. The number of furan rings is 1. The minimum atomic E-state index is 0.586. The van der Waals surface area contributed by atoms with Gasteiger partial charge in [-0.15, -0.1) is 0 Å². The van der Waals surface area contributed by atoms with E-state index in [4.69, 9.17) is 9.15 Å². The Bertz CT molecular complexity index is 971. The van der Waals surface area contributed by atoms with Gasteiger partial charge in [-0.2, -0.15) is 4.98 Å². The standard InChI is InChI=1S/C19H19N3O2S/c1-3-22(4-2)12-15-10-13-7-8-14(11-16(13)23-15)24-19-21-18-17(25-19)6-5-9-20-18/h5-11H,3-4,12H2,1-2H3. The van der Waals surface area contributed by atoms with Crippen LogP contribution in [0.4, 0.5) is 0 Å². The molecule has 0 fully saturated rings. The molecule has 0 aliphatic heterocycles. The highest BCUT2D eigenvalue weighted by atomic mass is 32.1. The van der Waals surface area contributed by atoms with Crippen LogP contribution in [0.1, 0.15) is 19.6 Å². The molecule has 0 unspecified atom stereocenters. The van der Waals surface area contributed by atoms with Crippen molar-refractivity contribution in [3.8, 4) is 10.9 Å². The molecule has 6 heteroatoms. The summed E-state index contributed by atoms with van der Waals surface area (Å²) in [5.74, 6) is 1.69. The fourth-order valence-electron chi connectivity index (χ4n) is 2.77. The highest BCUT2D eigenvalue weighted by Crippen LogP contribution is 2.32. The maximum atomic E-state index is 5.99. The van der Waals surface area contributed by atoms with Gasteiger partial charge in [-0.05, 0) is 43.4 Å². The zero-order chi connectivity index (χ0) is 17.2. The Balaban J connectivity index is 1.57. The van der Waals surface area contributed by atoms with Crippen LogP contribution in [0, 0.1) is 0 Å². The van der Waals surface area contributed by atoms with Crippen LogP contribution in [0.25, 0.3) is 21.3 Å². The van der Waals surface area contributed by atoms with Crippen LogP contribution in [0.2, 0.25) is 0 Å². The van der Waals surface area contributed by atoms with Crippen molar-refractivity contribution in [1.82, 2.24) is 14.9 Å². The molecule has 3 heterocycles. The fraction of sp³-hybridized carbons (Fsp3) is 0.263. The largest absolute Gasteiger partial charge is 0.460 e. The summed E-state index contributed by atoms with van der Waals surface area (Å²) in [6.45, 7) is 7.15. The summed E-state index contributed by atoms with van der Waals surface area (Å²) in [4.78, 5) is 11.0. The first-order valence-corrected chi connectivity index (χ1v) is 9.21. The molecule has 0 spiro atoms. The summed E-state index contributed by atoms with van der Waals surface area (Å²) in [6, 6.07) is 11.9. The van der Waals surface area contributed by atoms with Gasteiger partial charge < -0.3 is 9.15 Å². The van der Waals surface area contributed by atoms with E-state index in [0.29, 0.717) is 10.8 Å². The van der Waals surface area contributed by atoms with E-state index in [1.807, 2.05) is 30.3 Å². The number of rotatable bonds is 6. The van der Waals surface area contributed by atoms with Gasteiger partial charge in [0.25, 0.3) is 5.19 Å². The normalized spacial score (nSPS) is 11.6. The SMILES string of the molecule is CCN(CC)Cc1cc2ccc(Oc3nc4ncccc4s3)cc2o1. The molecule has 1 aromatic carbocycles. The predicted molar refractivity (Wildman–Crippen MR) is 100 cm³/mol. The van der Waals surface area contributed by atoms with E-state index < -0.39 is 0 Å². The zero-order valence-corrected chi connectivity index (χ0v) is 15.0. The van der Waals surface area contributed by atoms with Crippen LogP contribution in [0.5, 0.6) is 10.9 Å². The minimum absolute atomic E-state index is 0.586. The second kappa shape index (κ2) is 6.82. The molecule has 25 heavy (non-hydrogen) atoms. The highest BCUT2D eigenvalue weighted by Gasteiger charge is 2.10. The molecule has 0 amide bonds. The van der Waals surface area contributed by atoms with E-state index >= 15 is 0 Å². The number of pyridine rings is 1. The van der Waals surface area contributed by atoms with Gasteiger partial charge in [0.15, 0.2) is 5.65 Å². The number of hydrogen-bond donors (Lipinski definition) is 0. The van der Waals surface area contributed by atoms with Gasteiger partial charge in [-0.25, -0.2) is 4.98 Å². The number of nitrogens with zero attached hydrogens (tertiary/aromatic N) is 3. The van der Waals surface area contributed by atoms with Gasteiger partial charge in [-0.3, -0.25) is 4.90 Å². The quantitative estimate of drug-likeness (QED) is 0.484. The molecule has 5 nitrogen and oxygen atoms in total. The minimum Gasteiger partial charge on any atom is -0.460 e. The van der Waals surface area contributed by atoms with Gasteiger partial charge >= 0.3 is 0 Å². The van der Waals surface area contributed by atoms with E-state index in [9.17, 15) is 0 Å². The van der Waals surface area contributed by atoms with Crippen molar-refractivity contribution in [2.45, 2.75) is 20.4 Å².